The van der Waals surface area contributed by atoms with Gasteiger partial charge in [0.1, 0.15) is 0 Å². The van der Waals surface area contributed by atoms with E-state index in [4.69, 9.17) is 0 Å². The molecule has 0 saturated carbocycles. The first-order valence-corrected chi connectivity index (χ1v) is 3.07. The third-order valence-electron chi connectivity index (χ3n) is 1.01. The molecule has 0 aliphatic carbocycles. The molecule has 15 heavy (non-hydrogen) atoms. The topological polar surface area (TPSA) is 26.3 Å². The van der Waals surface area contributed by atoms with Gasteiger partial charge in [0, 0.05) is 0 Å². The van der Waals surface area contributed by atoms with Gasteiger partial charge in [-0.05, 0) is 0 Å². The minimum Gasteiger partial charge on any atom is -0.417 e. The van der Waals surface area contributed by atoms with E-state index in [1.807, 2.05) is 0 Å². The van der Waals surface area contributed by atoms with E-state index in [2.05, 4.69) is 4.74 Å². The van der Waals surface area contributed by atoms with Crippen LogP contribution in [0.5, 0.6) is 0 Å². The summed E-state index contributed by atoms with van der Waals surface area (Å²) in [6.07, 6.45) is -14.7. The van der Waals surface area contributed by atoms with Gasteiger partial charge in [-0.25, -0.2) is 13.6 Å². The molecule has 0 rings (SSSR count). The van der Waals surface area contributed by atoms with E-state index in [1.54, 1.807) is 0 Å². The summed E-state index contributed by atoms with van der Waals surface area (Å²) in [5.74, 6) is -8.75. The van der Waals surface area contributed by atoms with Crippen LogP contribution in [0.25, 0.3) is 0 Å². The second-order valence-corrected chi connectivity index (χ2v) is 2.19. The largest absolute Gasteiger partial charge is 0.457 e. The van der Waals surface area contributed by atoms with E-state index in [1.165, 1.54) is 0 Å². The Bertz CT molecular complexity index is 234. The van der Waals surface area contributed by atoms with Crippen LogP contribution in [0.2, 0.25) is 0 Å². The van der Waals surface area contributed by atoms with Gasteiger partial charge in [-0.1, -0.05) is 0 Å². The Morgan fingerprint density at radius 2 is 1.40 bits per heavy atom. The Morgan fingerprint density at radius 1 is 1.00 bits per heavy atom. The van der Waals surface area contributed by atoms with Crippen LogP contribution in [0.3, 0.4) is 0 Å². The fourth-order valence-electron chi connectivity index (χ4n) is 0.328. The highest BCUT2D eigenvalue weighted by Gasteiger charge is 2.54. The maximum Gasteiger partial charge on any atom is 0.457 e. The fraction of sp³-hybridized carbons (Fsp3) is 0.800. The van der Waals surface area contributed by atoms with Crippen LogP contribution in [0.1, 0.15) is 0 Å². The summed E-state index contributed by atoms with van der Waals surface area (Å²) in [7, 11) is 0. The molecule has 0 N–H and O–H groups in total. The van der Waals surface area contributed by atoms with Crippen LogP contribution in [-0.2, 0) is 9.53 Å². The van der Waals surface area contributed by atoms with Gasteiger partial charge < -0.3 is 4.74 Å². The zero-order chi connectivity index (χ0) is 12.4. The molecule has 0 aromatic heterocycles. The van der Waals surface area contributed by atoms with E-state index in [9.17, 15) is 39.9 Å². The predicted molar refractivity (Wildman–Crippen MR) is 28.0 cm³/mol. The van der Waals surface area contributed by atoms with Gasteiger partial charge in [-0.15, -0.1) is 0 Å². The van der Waals surface area contributed by atoms with E-state index in [-0.39, 0.29) is 0 Å². The second-order valence-electron chi connectivity index (χ2n) is 2.19. The first-order valence-electron chi connectivity index (χ1n) is 3.07. The van der Waals surface area contributed by atoms with Crippen molar-refractivity contribution in [2.24, 2.45) is 0 Å². The number of carbonyl (C=O) groups is 1. The molecule has 2 nitrogen and oxygen atoms in total. The minimum atomic E-state index is -5.74. The first kappa shape index (κ1) is 13.9. The van der Waals surface area contributed by atoms with E-state index in [0.717, 1.165) is 0 Å². The van der Waals surface area contributed by atoms with Crippen molar-refractivity contribution >= 4 is 5.97 Å². The summed E-state index contributed by atoms with van der Waals surface area (Å²) in [5, 5.41) is 0. The van der Waals surface area contributed by atoms with Gasteiger partial charge >= 0.3 is 30.9 Å². The number of esters is 1. The molecule has 0 radical (unpaired) electrons. The van der Waals surface area contributed by atoms with Crippen molar-refractivity contribution < 1.29 is 44.7 Å². The number of hydrogen-bond donors (Lipinski definition) is 0. The molecule has 0 bridgehead atoms. The third-order valence-corrected chi connectivity index (χ3v) is 1.01. The van der Waals surface area contributed by atoms with Crippen molar-refractivity contribution in [1.29, 1.82) is 0 Å². The normalized spacial score (nSPS) is 15.3. The van der Waals surface area contributed by atoms with Crippen molar-refractivity contribution in [2.45, 2.75) is 24.9 Å². The Balaban J connectivity index is 4.51. The minimum absolute atomic E-state index is 2.48. The molecule has 0 fully saturated rings. The molecule has 0 aliphatic heterocycles. The number of halogens is 8. The molecule has 0 saturated heterocycles. The summed E-state index contributed by atoms with van der Waals surface area (Å²) in [5.41, 5.74) is 0. The SMILES string of the molecule is O=C(OC(F)C(F)(F)F)C(F)(F)C(F)F. The van der Waals surface area contributed by atoms with Gasteiger partial charge in [0.25, 0.3) is 0 Å². The van der Waals surface area contributed by atoms with Crippen molar-refractivity contribution in [3.8, 4) is 0 Å². The standard InChI is InChI=1S/C5H2F8O2/c6-1(7)4(9,10)3(14)15-2(8)5(11,12)13/h1-2H. The molecule has 10 heteroatoms. The van der Waals surface area contributed by atoms with Gasteiger partial charge in [-0.2, -0.15) is 26.3 Å². The van der Waals surface area contributed by atoms with Crippen molar-refractivity contribution in [1.82, 2.24) is 0 Å². The van der Waals surface area contributed by atoms with Crippen molar-refractivity contribution in [3.63, 3.8) is 0 Å². The zero-order valence-electron chi connectivity index (χ0n) is 6.49. The van der Waals surface area contributed by atoms with Gasteiger partial charge in [0.05, 0.1) is 0 Å². The smallest absolute Gasteiger partial charge is 0.417 e. The second kappa shape index (κ2) is 4.19. The maximum atomic E-state index is 11.9. The quantitative estimate of drug-likeness (QED) is 0.564. The lowest BCUT2D eigenvalue weighted by molar-refractivity contribution is -0.271. The van der Waals surface area contributed by atoms with E-state index < -0.39 is 30.9 Å². The first-order chi connectivity index (χ1) is 6.49. The average Bonchev–Trinajstić information content (AvgIpc) is 2.01. The average molecular weight is 246 g/mol. The highest BCUT2D eigenvalue weighted by Crippen LogP contribution is 2.29. The molecule has 0 spiro atoms. The number of rotatable bonds is 3. The summed E-state index contributed by atoms with van der Waals surface area (Å²) in [6, 6.07) is 0. The van der Waals surface area contributed by atoms with Crippen molar-refractivity contribution in [3.05, 3.63) is 0 Å². The molecule has 0 aliphatic rings. The van der Waals surface area contributed by atoms with Crippen LogP contribution in [-0.4, -0.2) is 30.9 Å². The molecule has 0 aromatic carbocycles. The Morgan fingerprint density at radius 3 is 1.67 bits per heavy atom. The van der Waals surface area contributed by atoms with Crippen LogP contribution in [0.15, 0.2) is 0 Å². The lowest BCUT2D eigenvalue weighted by Gasteiger charge is -2.17. The highest BCUT2D eigenvalue weighted by atomic mass is 19.4. The Kier molecular flexibility index (Phi) is 3.88. The van der Waals surface area contributed by atoms with Gasteiger partial charge in [-0.3, -0.25) is 0 Å². The summed E-state index contributed by atoms with van der Waals surface area (Å²) in [6.45, 7) is 0. The molecule has 0 aromatic rings. The molecule has 1 atom stereocenters. The summed E-state index contributed by atoms with van der Waals surface area (Å²) < 4.78 is 94.8. The summed E-state index contributed by atoms with van der Waals surface area (Å²) >= 11 is 0. The number of carbonyl (C=O) groups excluding carboxylic acids is 1. The Hall–Kier alpha value is -1.09. The number of alkyl halides is 8. The van der Waals surface area contributed by atoms with E-state index in [0.29, 0.717) is 0 Å². The fourth-order valence-corrected chi connectivity index (χ4v) is 0.328. The van der Waals surface area contributed by atoms with Crippen LogP contribution >= 0.6 is 0 Å². The lowest BCUT2D eigenvalue weighted by Crippen LogP contribution is -2.42. The van der Waals surface area contributed by atoms with E-state index >= 15 is 0 Å². The zero-order valence-corrected chi connectivity index (χ0v) is 6.49. The third kappa shape index (κ3) is 3.51. The van der Waals surface area contributed by atoms with Crippen LogP contribution < -0.4 is 0 Å². The maximum absolute atomic E-state index is 11.9. The molecule has 0 heterocycles. The summed E-state index contributed by atoms with van der Waals surface area (Å²) in [4.78, 5) is 9.97. The number of hydrogen-bond acceptors (Lipinski definition) is 2. The van der Waals surface area contributed by atoms with Crippen LogP contribution in [0.4, 0.5) is 35.1 Å². The molecule has 0 amide bonds. The molecular weight excluding hydrogens is 244 g/mol. The van der Waals surface area contributed by atoms with Gasteiger partial charge in [0.2, 0.25) is 0 Å². The van der Waals surface area contributed by atoms with Crippen molar-refractivity contribution in [2.75, 3.05) is 0 Å². The van der Waals surface area contributed by atoms with Crippen LogP contribution in [0, 0.1) is 0 Å². The highest BCUT2D eigenvalue weighted by molar-refractivity contribution is 5.78. The Labute approximate surface area is 76.8 Å². The predicted octanol–water partition coefficient (Wildman–Crippen LogP) is 2.29. The molecule has 90 valence electrons. The lowest BCUT2D eigenvalue weighted by atomic mass is 10.3. The number of ether oxygens (including phenoxy) is 1. The molecular formula is C5H2F8O2. The monoisotopic (exact) mass is 246 g/mol. The molecule has 1 unspecified atom stereocenters. The van der Waals surface area contributed by atoms with Gasteiger partial charge in [0.15, 0.2) is 0 Å².